The van der Waals surface area contributed by atoms with Crippen molar-refractivity contribution in [3.8, 4) is 84.5 Å². The zero-order valence-electron chi connectivity index (χ0n) is 33.1. The van der Waals surface area contributed by atoms with E-state index in [1.165, 1.54) is 5.56 Å². The van der Waals surface area contributed by atoms with Crippen LogP contribution >= 0.6 is 0 Å². The first kappa shape index (κ1) is 35.8. The summed E-state index contributed by atoms with van der Waals surface area (Å²) in [5, 5.41) is 8.78. The molecule has 0 bridgehead atoms. The van der Waals surface area contributed by atoms with E-state index in [4.69, 9.17) is 20.1 Å². The normalized spacial score (nSPS) is 11.3. The second-order valence-electron chi connectivity index (χ2n) is 15.1. The summed E-state index contributed by atoms with van der Waals surface area (Å²) in [7, 11) is 0. The van der Waals surface area contributed by atoms with Crippen LogP contribution in [0.15, 0.2) is 224 Å². The summed E-state index contributed by atoms with van der Waals surface area (Å²) in [6, 6.07) is 78.1. The topological polar surface area (TPSA) is 56.5 Å². The van der Waals surface area contributed by atoms with Gasteiger partial charge in [0.1, 0.15) is 5.69 Å². The van der Waals surface area contributed by atoms with Crippen molar-refractivity contribution in [2.24, 2.45) is 0 Å². The smallest absolute Gasteiger partial charge is 0.164 e. The highest BCUT2D eigenvalue weighted by atomic mass is 15.3. The number of hydrogen-bond acceptors (Lipinski definition) is 4. The average Bonchev–Trinajstić information content (AvgIpc) is 3.76. The van der Waals surface area contributed by atoms with Crippen LogP contribution in [0.3, 0.4) is 0 Å². The molecule has 0 aliphatic carbocycles. The van der Waals surface area contributed by atoms with Crippen LogP contribution in [-0.2, 0) is 0 Å². The lowest BCUT2D eigenvalue weighted by Gasteiger charge is -2.13. The molecule has 2 heterocycles. The van der Waals surface area contributed by atoms with E-state index < -0.39 is 0 Å². The molecule has 0 saturated heterocycles. The van der Waals surface area contributed by atoms with Crippen molar-refractivity contribution in [2.75, 3.05) is 0 Å². The molecule has 0 radical (unpaired) electrons. The Morgan fingerprint density at radius 3 is 1.25 bits per heavy atom. The van der Waals surface area contributed by atoms with Gasteiger partial charge in [0.2, 0.25) is 0 Å². The maximum absolute atomic E-state index is 5.39. The van der Waals surface area contributed by atoms with Gasteiger partial charge in [-0.05, 0) is 63.0 Å². The number of hydrogen-bond donors (Lipinski definition) is 0. The molecule has 0 saturated carbocycles. The molecule has 0 atom stereocenters. The third-order valence-corrected chi connectivity index (χ3v) is 11.3. The predicted molar refractivity (Wildman–Crippen MR) is 250 cm³/mol. The summed E-state index contributed by atoms with van der Waals surface area (Å²) in [6.07, 6.45) is 0. The molecule has 11 aromatic rings. The zero-order valence-corrected chi connectivity index (χ0v) is 33.1. The monoisotopic (exact) mass is 779 g/mol. The molecule has 0 aliphatic rings. The first-order chi connectivity index (χ1) is 30.2. The van der Waals surface area contributed by atoms with E-state index in [1.807, 2.05) is 42.5 Å². The molecule has 0 aliphatic heterocycles. The van der Waals surface area contributed by atoms with E-state index >= 15 is 0 Å². The summed E-state index contributed by atoms with van der Waals surface area (Å²) >= 11 is 0. The molecule has 0 unspecified atom stereocenters. The Morgan fingerprint density at radius 1 is 0.311 bits per heavy atom. The van der Waals surface area contributed by atoms with Gasteiger partial charge in [-0.25, -0.2) is 19.6 Å². The van der Waals surface area contributed by atoms with Crippen LogP contribution in [0.1, 0.15) is 0 Å². The summed E-state index contributed by atoms with van der Waals surface area (Å²) in [5.74, 6) is 1.89. The van der Waals surface area contributed by atoms with Crippen molar-refractivity contribution < 1.29 is 0 Å². The van der Waals surface area contributed by atoms with E-state index in [-0.39, 0.29) is 0 Å². The van der Waals surface area contributed by atoms with Crippen molar-refractivity contribution in [2.45, 2.75) is 0 Å². The molecular formula is C56H37N5. The van der Waals surface area contributed by atoms with E-state index in [1.54, 1.807) is 0 Å². The van der Waals surface area contributed by atoms with E-state index in [9.17, 15) is 0 Å². The second-order valence-corrected chi connectivity index (χ2v) is 15.1. The number of aromatic nitrogens is 5. The third-order valence-electron chi connectivity index (χ3n) is 11.3. The fraction of sp³-hybridized carbons (Fsp3) is 0. The van der Waals surface area contributed by atoms with Gasteiger partial charge in [0.25, 0.3) is 0 Å². The highest BCUT2D eigenvalue weighted by molar-refractivity contribution is 6.18. The predicted octanol–water partition coefficient (Wildman–Crippen LogP) is 14.0. The van der Waals surface area contributed by atoms with Gasteiger partial charge in [0, 0.05) is 33.0 Å². The Hall–Kier alpha value is -8.28. The lowest BCUT2D eigenvalue weighted by Crippen LogP contribution is -2.00. The first-order valence-corrected chi connectivity index (χ1v) is 20.5. The minimum absolute atomic E-state index is 0.622. The average molecular weight is 780 g/mol. The van der Waals surface area contributed by atoms with Gasteiger partial charge in [-0.3, -0.25) is 0 Å². The molecule has 0 N–H and O–H groups in total. The lowest BCUT2D eigenvalue weighted by molar-refractivity contribution is 0.918. The maximum Gasteiger partial charge on any atom is 0.164 e. The molecule has 0 fully saturated rings. The van der Waals surface area contributed by atoms with E-state index in [0.717, 1.165) is 83.1 Å². The van der Waals surface area contributed by atoms with Gasteiger partial charge in [0.05, 0.1) is 11.2 Å². The van der Waals surface area contributed by atoms with Gasteiger partial charge in [-0.2, -0.15) is 5.10 Å². The van der Waals surface area contributed by atoms with Gasteiger partial charge >= 0.3 is 0 Å². The molecule has 2 aromatic heterocycles. The SMILES string of the molecule is c1ccc(-c2ccc(-c3nc(-c4ccccc4)nc(-c4ccc(-c5ccc6cc(-c7ccccc7)c7c(-c8ccccc8)nn(-c8ccccc8)c7c6c5)cc4)n3)cc2)cc1. The van der Waals surface area contributed by atoms with Gasteiger partial charge in [0.15, 0.2) is 17.5 Å². The fourth-order valence-corrected chi connectivity index (χ4v) is 8.22. The van der Waals surface area contributed by atoms with Crippen LogP contribution in [0.25, 0.3) is 106 Å². The number of fused-ring (bicyclic) bond motifs is 3. The third kappa shape index (κ3) is 6.84. The van der Waals surface area contributed by atoms with Gasteiger partial charge < -0.3 is 0 Å². The molecule has 5 nitrogen and oxygen atoms in total. The molecule has 0 spiro atoms. The summed E-state index contributed by atoms with van der Waals surface area (Å²) in [4.78, 5) is 15.0. The van der Waals surface area contributed by atoms with E-state index in [0.29, 0.717) is 17.5 Å². The molecule has 5 heteroatoms. The number of benzene rings is 9. The van der Waals surface area contributed by atoms with Crippen molar-refractivity contribution in [1.29, 1.82) is 0 Å². The van der Waals surface area contributed by atoms with E-state index in [2.05, 4.69) is 187 Å². The fourth-order valence-electron chi connectivity index (χ4n) is 8.22. The minimum atomic E-state index is 0.622. The summed E-state index contributed by atoms with van der Waals surface area (Å²) < 4.78 is 2.12. The highest BCUT2D eigenvalue weighted by Gasteiger charge is 2.22. The van der Waals surface area contributed by atoms with Crippen molar-refractivity contribution in [3.63, 3.8) is 0 Å². The number of nitrogens with zero attached hydrogens (tertiary/aromatic N) is 5. The van der Waals surface area contributed by atoms with Crippen LogP contribution < -0.4 is 0 Å². The number of para-hydroxylation sites is 1. The Balaban J connectivity index is 1.03. The van der Waals surface area contributed by atoms with Gasteiger partial charge in [-0.15, -0.1) is 0 Å². The van der Waals surface area contributed by atoms with Crippen LogP contribution in [0.4, 0.5) is 0 Å². The largest absolute Gasteiger partial charge is 0.232 e. The highest BCUT2D eigenvalue weighted by Crippen LogP contribution is 2.43. The van der Waals surface area contributed by atoms with Crippen molar-refractivity contribution in [3.05, 3.63) is 224 Å². The molecule has 11 rings (SSSR count). The number of rotatable bonds is 8. The Kier molecular flexibility index (Phi) is 9.10. The summed E-state index contributed by atoms with van der Waals surface area (Å²) in [6.45, 7) is 0. The zero-order chi connectivity index (χ0) is 40.5. The second kappa shape index (κ2) is 15.5. The van der Waals surface area contributed by atoms with Crippen LogP contribution in [-0.4, -0.2) is 24.7 Å². The van der Waals surface area contributed by atoms with Gasteiger partial charge in [-0.1, -0.05) is 200 Å². The van der Waals surface area contributed by atoms with Crippen molar-refractivity contribution in [1.82, 2.24) is 24.7 Å². The minimum Gasteiger partial charge on any atom is -0.232 e. The quantitative estimate of drug-likeness (QED) is 0.154. The van der Waals surface area contributed by atoms with Crippen LogP contribution in [0.5, 0.6) is 0 Å². The Bertz CT molecular complexity index is 3290. The maximum atomic E-state index is 5.39. The lowest BCUT2D eigenvalue weighted by atomic mass is 9.92. The Morgan fingerprint density at radius 2 is 0.705 bits per heavy atom. The molecule has 9 aromatic carbocycles. The first-order valence-electron chi connectivity index (χ1n) is 20.5. The molecular weight excluding hydrogens is 743 g/mol. The van der Waals surface area contributed by atoms with Crippen LogP contribution in [0.2, 0.25) is 0 Å². The van der Waals surface area contributed by atoms with Crippen LogP contribution in [0, 0.1) is 0 Å². The molecule has 0 amide bonds. The Labute approximate surface area is 354 Å². The standard InChI is InChI=1S/C56H37N5/c1-6-16-38(17-7-1)39-26-30-44(31-27-39)55-57-54(43-22-12-4-13-23-43)58-56(59-55)45-32-28-40(29-33-45)46-34-35-47-37-49(41-18-8-2-9-19-41)51-52(42-20-10-3-11-21-42)60-61(53(51)50(47)36-46)48-24-14-5-15-25-48/h1-37H. The van der Waals surface area contributed by atoms with Crippen molar-refractivity contribution >= 4 is 21.7 Å². The summed E-state index contributed by atoms with van der Waals surface area (Å²) in [5.41, 5.74) is 13.7. The molecule has 286 valence electrons. The molecule has 61 heavy (non-hydrogen) atoms.